The smallest absolute Gasteiger partial charge is 0.214 e. The summed E-state index contributed by atoms with van der Waals surface area (Å²) in [6.07, 6.45) is 0. The lowest BCUT2D eigenvalue weighted by Gasteiger charge is -2.08. The zero-order valence-corrected chi connectivity index (χ0v) is 12.6. The molecule has 0 spiro atoms. The minimum Gasteiger partial charge on any atom is -0.288 e. The van der Waals surface area contributed by atoms with Crippen molar-refractivity contribution in [1.82, 2.24) is 0 Å². The van der Waals surface area contributed by atoms with Crippen LogP contribution in [0.4, 0.5) is 0 Å². The van der Waals surface area contributed by atoms with Gasteiger partial charge in [0, 0.05) is 11.1 Å². The highest BCUT2D eigenvalue weighted by Gasteiger charge is 2.31. The number of hydrogen-bond donors (Lipinski definition) is 0. The van der Waals surface area contributed by atoms with Gasteiger partial charge in [0.25, 0.3) is 0 Å². The molecule has 0 aromatic carbocycles. The molecule has 1 aliphatic carbocycles. The van der Waals surface area contributed by atoms with Gasteiger partial charge < -0.3 is 0 Å². The van der Waals surface area contributed by atoms with Crippen molar-refractivity contribution >= 4 is 34.2 Å². The number of thiophene rings is 2. The van der Waals surface area contributed by atoms with Gasteiger partial charge in [0.05, 0.1) is 9.75 Å². The van der Waals surface area contributed by atoms with Crippen LogP contribution < -0.4 is 0 Å². The maximum Gasteiger partial charge on any atom is 0.214 e. The van der Waals surface area contributed by atoms with Gasteiger partial charge in [-0.3, -0.25) is 9.59 Å². The summed E-state index contributed by atoms with van der Waals surface area (Å²) in [5.41, 5.74) is 1.12. The van der Waals surface area contributed by atoms with Crippen LogP contribution in [-0.4, -0.2) is 11.6 Å². The predicted octanol–water partition coefficient (Wildman–Crippen LogP) is 4.64. The highest BCUT2D eigenvalue weighted by atomic mass is 32.1. The molecule has 0 aliphatic heterocycles. The van der Waals surface area contributed by atoms with Crippen molar-refractivity contribution in [2.45, 2.75) is 27.7 Å². The third-order valence-corrected chi connectivity index (χ3v) is 4.06. The Labute approximate surface area is 115 Å². The van der Waals surface area contributed by atoms with Gasteiger partial charge in [-0.1, -0.05) is 27.7 Å². The van der Waals surface area contributed by atoms with E-state index < -0.39 is 0 Å². The molecule has 2 aromatic rings. The van der Waals surface area contributed by atoms with E-state index in [9.17, 15) is 9.59 Å². The molecule has 0 saturated heterocycles. The first-order valence-corrected chi connectivity index (χ1v) is 7.79. The van der Waals surface area contributed by atoms with E-state index in [1.54, 1.807) is 22.9 Å². The number of ketones is 2. The van der Waals surface area contributed by atoms with Gasteiger partial charge >= 0.3 is 0 Å². The Morgan fingerprint density at radius 1 is 0.722 bits per heavy atom. The van der Waals surface area contributed by atoms with Crippen LogP contribution in [0.15, 0.2) is 22.9 Å². The number of fused-ring (bicyclic) bond motifs is 2. The fourth-order valence-electron chi connectivity index (χ4n) is 1.58. The zero-order valence-electron chi connectivity index (χ0n) is 10.9. The molecular weight excluding hydrogens is 264 g/mol. The largest absolute Gasteiger partial charge is 0.288 e. The predicted molar refractivity (Wildman–Crippen MR) is 78.2 cm³/mol. The molecule has 18 heavy (non-hydrogen) atoms. The second-order valence-corrected chi connectivity index (χ2v) is 4.82. The van der Waals surface area contributed by atoms with E-state index in [2.05, 4.69) is 0 Å². The van der Waals surface area contributed by atoms with Crippen LogP contribution in [0, 0.1) is 0 Å². The first-order chi connectivity index (χ1) is 8.79. The Kier molecular flexibility index (Phi) is 5.44. The maximum absolute atomic E-state index is 11.8. The molecule has 0 unspecified atom stereocenters. The minimum absolute atomic E-state index is 0.000370. The lowest BCUT2D eigenvalue weighted by atomic mass is 9.96. The molecule has 2 heterocycles. The van der Waals surface area contributed by atoms with Crippen LogP contribution in [0.25, 0.3) is 0 Å². The van der Waals surface area contributed by atoms with Crippen LogP contribution in [0.2, 0.25) is 0 Å². The van der Waals surface area contributed by atoms with Crippen molar-refractivity contribution in [3.63, 3.8) is 0 Å². The van der Waals surface area contributed by atoms with Crippen LogP contribution in [0.3, 0.4) is 0 Å². The number of hydrogen-bond acceptors (Lipinski definition) is 4. The Hall–Kier alpha value is -1.26. The normalized spacial score (nSPS) is 11.6. The van der Waals surface area contributed by atoms with Crippen LogP contribution >= 0.6 is 22.7 Å². The highest BCUT2D eigenvalue weighted by Crippen LogP contribution is 2.33. The molecule has 0 bridgehead atoms. The maximum atomic E-state index is 11.8. The van der Waals surface area contributed by atoms with Crippen molar-refractivity contribution in [1.29, 1.82) is 0 Å². The van der Waals surface area contributed by atoms with Gasteiger partial charge in [-0.15, -0.1) is 22.7 Å². The van der Waals surface area contributed by atoms with E-state index in [-0.39, 0.29) is 11.6 Å². The van der Waals surface area contributed by atoms with Crippen LogP contribution in [-0.2, 0) is 0 Å². The van der Waals surface area contributed by atoms with Crippen molar-refractivity contribution in [3.8, 4) is 0 Å². The summed E-state index contributed by atoms with van der Waals surface area (Å²) in [7, 11) is 0. The molecule has 1 aliphatic rings. The number of rotatable bonds is 0. The molecular formula is C14H16O2S2. The van der Waals surface area contributed by atoms with E-state index >= 15 is 0 Å². The summed E-state index contributed by atoms with van der Waals surface area (Å²) in [4.78, 5) is 24.9. The lowest BCUT2D eigenvalue weighted by Crippen LogP contribution is -2.15. The van der Waals surface area contributed by atoms with Crippen molar-refractivity contribution in [2.24, 2.45) is 0 Å². The summed E-state index contributed by atoms with van der Waals surface area (Å²) in [6.45, 7) is 8.00. The topological polar surface area (TPSA) is 34.1 Å². The molecule has 96 valence electrons. The average molecular weight is 280 g/mol. The molecule has 0 amide bonds. The molecule has 4 heteroatoms. The monoisotopic (exact) mass is 280 g/mol. The quantitative estimate of drug-likeness (QED) is 0.601. The Bertz CT molecular complexity index is 458. The molecule has 0 saturated carbocycles. The molecule has 3 rings (SSSR count). The van der Waals surface area contributed by atoms with E-state index in [4.69, 9.17) is 0 Å². The fraction of sp³-hybridized carbons (Fsp3) is 0.286. The third kappa shape index (κ3) is 2.31. The average Bonchev–Trinajstić information content (AvgIpc) is 3.10. The zero-order chi connectivity index (χ0) is 13.7. The second kappa shape index (κ2) is 6.61. The third-order valence-electron chi connectivity index (χ3n) is 2.23. The Morgan fingerprint density at radius 2 is 1.11 bits per heavy atom. The highest BCUT2D eigenvalue weighted by molar-refractivity contribution is 7.16. The van der Waals surface area contributed by atoms with Gasteiger partial charge in [-0.25, -0.2) is 0 Å². The minimum atomic E-state index is -0.0166. The van der Waals surface area contributed by atoms with Crippen LogP contribution in [0.5, 0.6) is 0 Å². The van der Waals surface area contributed by atoms with E-state index in [1.165, 1.54) is 22.7 Å². The second-order valence-electron chi connectivity index (χ2n) is 2.99. The van der Waals surface area contributed by atoms with Crippen LogP contribution in [0.1, 0.15) is 58.2 Å². The molecule has 0 atom stereocenters. The van der Waals surface area contributed by atoms with Gasteiger partial charge in [-0.2, -0.15) is 0 Å². The molecule has 0 fully saturated rings. The van der Waals surface area contributed by atoms with Crippen molar-refractivity contribution in [3.05, 3.63) is 43.8 Å². The standard InChI is InChI=1S/C10H4O2S2.2C2H6/c11-7-5-1-3-13-9(5)8(12)10-6(7)2-4-14-10;2*1-2/h1-4H;2*1-2H3. The van der Waals surface area contributed by atoms with E-state index in [1.807, 2.05) is 27.7 Å². The van der Waals surface area contributed by atoms with Crippen molar-refractivity contribution in [2.75, 3.05) is 0 Å². The summed E-state index contributed by atoms with van der Waals surface area (Å²) in [6, 6.07) is 3.45. The fourth-order valence-corrected chi connectivity index (χ4v) is 3.31. The summed E-state index contributed by atoms with van der Waals surface area (Å²) >= 11 is 2.68. The molecule has 0 N–H and O–H groups in total. The lowest BCUT2D eigenvalue weighted by molar-refractivity contribution is 0.0986. The molecule has 0 radical (unpaired) electrons. The number of carbonyl (C=O) groups is 2. The first-order valence-electron chi connectivity index (χ1n) is 6.03. The SMILES string of the molecule is CC.CC.O=C1c2ccsc2C(=O)c2sccc21. The molecule has 2 nitrogen and oxygen atoms in total. The van der Waals surface area contributed by atoms with Gasteiger partial charge in [-0.05, 0) is 22.9 Å². The van der Waals surface area contributed by atoms with Crippen molar-refractivity contribution < 1.29 is 9.59 Å². The molecule has 2 aromatic heterocycles. The van der Waals surface area contributed by atoms with Gasteiger partial charge in [0.15, 0.2) is 5.78 Å². The summed E-state index contributed by atoms with van der Waals surface area (Å²) < 4.78 is 0. The summed E-state index contributed by atoms with van der Waals surface area (Å²) in [5, 5.41) is 3.58. The van der Waals surface area contributed by atoms with E-state index in [0.29, 0.717) is 20.9 Å². The number of carbonyl (C=O) groups excluding carboxylic acids is 2. The van der Waals surface area contributed by atoms with Gasteiger partial charge in [0.2, 0.25) is 5.78 Å². The Morgan fingerprint density at radius 3 is 1.50 bits per heavy atom. The van der Waals surface area contributed by atoms with E-state index in [0.717, 1.165) is 0 Å². The van der Waals surface area contributed by atoms with Gasteiger partial charge in [0.1, 0.15) is 0 Å². The summed E-state index contributed by atoms with van der Waals surface area (Å²) in [5.74, 6) is -0.0169. The Balaban J connectivity index is 0.000000371. The first kappa shape index (κ1) is 14.8.